The third-order valence-corrected chi connectivity index (χ3v) is 7.32. The molecule has 4 aromatic rings. The summed E-state index contributed by atoms with van der Waals surface area (Å²) in [5, 5.41) is 7.81. The van der Waals surface area contributed by atoms with Crippen molar-refractivity contribution < 1.29 is 18.7 Å². The van der Waals surface area contributed by atoms with E-state index < -0.39 is 0 Å². The minimum absolute atomic E-state index is 0.0544. The second-order valence-corrected chi connectivity index (χ2v) is 11.0. The Balaban J connectivity index is 1.31. The number of nitrogens with one attached hydrogen (secondary N) is 2. The number of rotatable bonds is 9. The molecule has 0 amide bonds. The third-order valence-electron chi connectivity index (χ3n) is 7.32. The van der Waals surface area contributed by atoms with Crippen LogP contribution in [-0.2, 0) is 9.53 Å². The number of ether oxygens (including phenoxy) is 2. The Labute approximate surface area is 227 Å². The van der Waals surface area contributed by atoms with Crippen molar-refractivity contribution in [2.45, 2.75) is 45.2 Å². The van der Waals surface area contributed by atoms with Gasteiger partial charge in [-0.05, 0) is 51.2 Å². The van der Waals surface area contributed by atoms with Crippen molar-refractivity contribution >= 4 is 39.9 Å². The molecule has 0 spiro atoms. The lowest BCUT2D eigenvalue weighted by atomic mass is 10.0. The van der Waals surface area contributed by atoms with E-state index in [0.717, 1.165) is 28.1 Å². The molecule has 1 atom stereocenters. The van der Waals surface area contributed by atoms with Gasteiger partial charge in [-0.2, -0.15) is 0 Å². The molecule has 2 aromatic heterocycles. The van der Waals surface area contributed by atoms with Crippen LogP contribution >= 0.6 is 0 Å². The van der Waals surface area contributed by atoms with Crippen LogP contribution in [0.2, 0.25) is 0 Å². The fourth-order valence-corrected chi connectivity index (χ4v) is 4.77. The highest BCUT2D eigenvalue weighted by Gasteiger charge is 2.36. The number of aromatic nitrogens is 2. The van der Waals surface area contributed by atoms with Crippen LogP contribution in [0.1, 0.15) is 45.2 Å². The Hall–Kier alpha value is -4.27. The van der Waals surface area contributed by atoms with Gasteiger partial charge in [0.1, 0.15) is 37.3 Å². The Kier molecular flexibility index (Phi) is 6.50. The molecule has 39 heavy (non-hydrogen) atoms. The summed E-state index contributed by atoms with van der Waals surface area (Å²) in [5.74, 6) is 2.33. The molecule has 0 radical (unpaired) electrons. The Morgan fingerprint density at radius 3 is 2.77 bits per heavy atom. The quantitative estimate of drug-likeness (QED) is 0.251. The zero-order chi connectivity index (χ0) is 27.0. The number of furan rings is 1. The van der Waals surface area contributed by atoms with Gasteiger partial charge in [-0.25, -0.2) is 9.97 Å². The number of nitrogens with zero attached hydrogens (tertiary/aromatic N) is 3. The summed E-state index contributed by atoms with van der Waals surface area (Å²) < 4.78 is 17.4. The van der Waals surface area contributed by atoms with Crippen LogP contribution in [0, 0.1) is 5.92 Å². The molecular weight excluding hydrogens is 494 g/mol. The number of anilines is 4. The highest BCUT2D eigenvalue weighted by Crippen LogP contribution is 2.39. The minimum Gasteiger partial charge on any atom is -0.491 e. The van der Waals surface area contributed by atoms with Crippen molar-refractivity contribution in [3.63, 3.8) is 0 Å². The first-order valence-corrected chi connectivity index (χ1v) is 13.4. The molecule has 2 fully saturated rings. The van der Waals surface area contributed by atoms with Gasteiger partial charge < -0.3 is 29.4 Å². The summed E-state index contributed by atoms with van der Waals surface area (Å²) >= 11 is 0. The number of cyclic esters (lactones) is 1. The van der Waals surface area contributed by atoms with Crippen LogP contribution in [0.5, 0.6) is 5.75 Å². The molecular formula is C30H33N5O4. The van der Waals surface area contributed by atoms with Crippen LogP contribution in [0.15, 0.2) is 65.5 Å². The summed E-state index contributed by atoms with van der Waals surface area (Å²) in [5.41, 5.74) is 3.18. The number of fused-ring (bicyclic) bond motifs is 1. The van der Waals surface area contributed by atoms with Crippen LogP contribution < -0.4 is 20.3 Å². The van der Waals surface area contributed by atoms with Crippen molar-refractivity contribution in [2.24, 2.45) is 5.92 Å². The maximum atomic E-state index is 12.0. The highest BCUT2D eigenvalue weighted by atomic mass is 16.5. The van der Waals surface area contributed by atoms with E-state index in [9.17, 15) is 4.79 Å². The van der Waals surface area contributed by atoms with Gasteiger partial charge in [0.15, 0.2) is 5.88 Å². The number of hydrogen-bond acceptors (Lipinski definition) is 9. The molecule has 3 heterocycles. The number of morpholine rings is 1. The fourth-order valence-electron chi connectivity index (χ4n) is 4.77. The molecule has 202 valence electrons. The maximum Gasteiger partial charge on any atom is 0.325 e. The molecule has 1 saturated carbocycles. The van der Waals surface area contributed by atoms with E-state index in [4.69, 9.17) is 13.9 Å². The summed E-state index contributed by atoms with van der Waals surface area (Å²) in [4.78, 5) is 23.1. The molecule has 1 aliphatic heterocycles. The van der Waals surface area contributed by atoms with Crippen molar-refractivity contribution in [1.29, 1.82) is 0 Å². The van der Waals surface area contributed by atoms with E-state index in [2.05, 4.69) is 39.7 Å². The van der Waals surface area contributed by atoms with Gasteiger partial charge >= 0.3 is 5.97 Å². The first kappa shape index (κ1) is 25.0. The Morgan fingerprint density at radius 1 is 1.15 bits per heavy atom. The molecule has 9 nitrogen and oxygen atoms in total. The predicted octanol–water partition coefficient (Wildman–Crippen LogP) is 6.07. The number of benzene rings is 2. The predicted molar refractivity (Wildman–Crippen MR) is 151 cm³/mol. The topological polar surface area (TPSA) is 102 Å². The smallest absolute Gasteiger partial charge is 0.325 e. The lowest BCUT2D eigenvalue weighted by Crippen LogP contribution is -2.55. The SMILES string of the molecule is C[C@@H](Nc1ncnc2cc(OCC3CC3)c(Nc3cc(N4CC(=O)OCC4(C)C)co3)cc12)c1ccccc1. The van der Waals surface area contributed by atoms with Crippen molar-refractivity contribution in [1.82, 2.24) is 9.97 Å². The van der Waals surface area contributed by atoms with E-state index in [0.29, 0.717) is 30.8 Å². The molecule has 2 aromatic carbocycles. The number of carbonyl (C=O) groups is 1. The molecule has 1 saturated heterocycles. The van der Waals surface area contributed by atoms with Gasteiger partial charge in [0, 0.05) is 23.6 Å². The molecule has 0 bridgehead atoms. The van der Waals surface area contributed by atoms with Gasteiger partial charge in [0.25, 0.3) is 0 Å². The lowest BCUT2D eigenvalue weighted by molar-refractivity contribution is -0.147. The van der Waals surface area contributed by atoms with Gasteiger partial charge in [0.05, 0.1) is 29.0 Å². The van der Waals surface area contributed by atoms with Crippen LogP contribution in [-0.4, -0.2) is 41.2 Å². The van der Waals surface area contributed by atoms with Crippen molar-refractivity contribution in [3.8, 4) is 5.75 Å². The normalized spacial score (nSPS) is 17.5. The molecule has 9 heteroatoms. The summed E-state index contributed by atoms with van der Waals surface area (Å²) in [6, 6.07) is 16.2. The zero-order valence-electron chi connectivity index (χ0n) is 22.4. The summed E-state index contributed by atoms with van der Waals surface area (Å²) in [6.07, 6.45) is 5.62. The number of carbonyl (C=O) groups excluding carboxylic acids is 1. The highest BCUT2D eigenvalue weighted by molar-refractivity contribution is 5.94. The van der Waals surface area contributed by atoms with Crippen LogP contribution in [0.25, 0.3) is 10.9 Å². The number of hydrogen-bond donors (Lipinski definition) is 2. The average Bonchev–Trinajstić information content (AvgIpc) is 3.66. The summed E-state index contributed by atoms with van der Waals surface area (Å²) in [7, 11) is 0. The first-order chi connectivity index (χ1) is 18.9. The standard InChI is InChI=1S/C30H33N5O4/c1-19(21-7-5-4-6-8-21)33-29-23-12-25(26(37-15-20-9-10-20)13-24(23)31-18-32-29)34-27-11-22(16-38-27)35-14-28(36)39-17-30(35,2)3/h4-8,11-13,16,18-20,34H,9-10,14-15,17H2,1-3H3,(H,31,32,33)/t19-/m1/s1. The lowest BCUT2D eigenvalue weighted by Gasteiger charge is -2.41. The Bertz CT molecular complexity index is 1480. The van der Waals surface area contributed by atoms with E-state index in [1.807, 2.05) is 55.1 Å². The monoisotopic (exact) mass is 527 g/mol. The van der Waals surface area contributed by atoms with E-state index in [-0.39, 0.29) is 24.1 Å². The zero-order valence-corrected chi connectivity index (χ0v) is 22.4. The molecule has 0 unspecified atom stereocenters. The second kappa shape index (κ2) is 10.1. The van der Waals surface area contributed by atoms with E-state index in [1.165, 1.54) is 18.4 Å². The van der Waals surface area contributed by atoms with Crippen LogP contribution in [0.3, 0.4) is 0 Å². The first-order valence-electron chi connectivity index (χ1n) is 13.4. The fraction of sp³-hybridized carbons (Fsp3) is 0.367. The molecule has 2 N–H and O–H groups in total. The molecule has 1 aliphatic carbocycles. The molecule has 6 rings (SSSR count). The summed E-state index contributed by atoms with van der Waals surface area (Å²) in [6.45, 7) is 7.34. The van der Waals surface area contributed by atoms with Gasteiger partial charge in [-0.15, -0.1) is 0 Å². The van der Waals surface area contributed by atoms with E-state index in [1.54, 1.807) is 12.6 Å². The minimum atomic E-state index is -0.343. The third kappa shape index (κ3) is 5.48. The largest absolute Gasteiger partial charge is 0.491 e. The van der Waals surface area contributed by atoms with Gasteiger partial charge in [0.2, 0.25) is 0 Å². The second-order valence-electron chi connectivity index (χ2n) is 11.0. The van der Waals surface area contributed by atoms with Crippen molar-refractivity contribution in [3.05, 3.63) is 66.7 Å². The van der Waals surface area contributed by atoms with Crippen molar-refractivity contribution in [2.75, 3.05) is 35.3 Å². The van der Waals surface area contributed by atoms with Gasteiger partial charge in [-0.1, -0.05) is 30.3 Å². The van der Waals surface area contributed by atoms with Gasteiger partial charge in [-0.3, -0.25) is 4.79 Å². The van der Waals surface area contributed by atoms with E-state index >= 15 is 0 Å². The molecule has 2 aliphatic rings. The number of esters is 1. The maximum absolute atomic E-state index is 12.0. The Morgan fingerprint density at radius 2 is 1.97 bits per heavy atom. The average molecular weight is 528 g/mol. The van der Waals surface area contributed by atoms with Crippen LogP contribution in [0.4, 0.5) is 23.1 Å².